The zero-order valence-electron chi connectivity index (χ0n) is 17.0. The lowest BCUT2D eigenvalue weighted by molar-refractivity contribution is 0.228. The Labute approximate surface area is 167 Å². The Morgan fingerprint density at radius 3 is 2.54 bits per heavy atom. The second-order valence-electron chi connectivity index (χ2n) is 6.91. The molecule has 0 bridgehead atoms. The third kappa shape index (κ3) is 5.34. The summed E-state index contributed by atoms with van der Waals surface area (Å²) in [5.74, 6) is 2.66. The van der Waals surface area contributed by atoms with Gasteiger partial charge in [0.1, 0.15) is 11.9 Å². The molecule has 1 aliphatic rings. The van der Waals surface area contributed by atoms with Crippen LogP contribution in [0.25, 0.3) is 0 Å². The quantitative estimate of drug-likeness (QED) is 0.611. The highest BCUT2D eigenvalue weighted by Crippen LogP contribution is 2.18. The lowest BCUT2D eigenvalue weighted by Crippen LogP contribution is -2.53. The highest BCUT2D eigenvalue weighted by Gasteiger charge is 2.21. The first-order chi connectivity index (χ1) is 13.7. The van der Waals surface area contributed by atoms with Crippen molar-refractivity contribution in [3.05, 3.63) is 48.3 Å². The number of para-hydroxylation sites is 1. The normalized spacial score (nSPS) is 16.0. The lowest BCUT2D eigenvalue weighted by atomic mass is 10.2. The molecule has 1 unspecified atom stereocenters. The van der Waals surface area contributed by atoms with E-state index in [0.29, 0.717) is 6.54 Å². The Kier molecular flexibility index (Phi) is 7.06. The van der Waals surface area contributed by atoms with Crippen LogP contribution in [0.4, 0.5) is 5.95 Å². The standard InChI is InChI=1S/C21H30N6O/c1-4-22-20(25-16-18(3)28-19-9-6-5-8-17(19)2)26-12-14-27(15-13-26)21-23-10-7-11-24-21/h5-11,18H,4,12-16H2,1-3H3,(H,22,25). The Morgan fingerprint density at radius 2 is 1.86 bits per heavy atom. The van der Waals surface area contributed by atoms with Crippen LogP contribution in [0.5, 0.6) is 5.75 Å². The van der Waals surface area contributed by atoms with Crippen LogP contribution >= 0.6 is 0 Å². The summed E-state index contributed by atoms with van der Waals surface area (Å²) in [4.78, 5) is 18.0. The maximum atomic E-state index is 6.06. The van der Waals surface area contributed by atoms with Gasteiger partial charge in [-0.05, 0) is 38.5 Å². The zero-order valence-corrected chi connectivity index (χ0v) is 17.0. The third-order valence-electron chi connectivity index (χ3n) is 4.67. The smallest absolute Gasteiger partial charge is 0.225 e. The fraction of sp³-hybridized carbons (Fsp3) is 0.476. The molecular weight excluding hydrogens is 352 g/mol. The number of nitrogens with zero attached hydrogens (tertiary/aromatic N) is 5. The van der Waals surface area contributed by atoms with Gasteiger partial charge >= 0.3 is 0 Å². The summed E-state index contributed by atoms with van der Waals surface area (Å²) in [5, 5.41) is 3.41. The largest absolute Gasteiger partial charge is 0.489 e. The van der Waals surface area contributed by atoms with E-state index >= 15 is 0 Å². The Bertz CT molecular complexity index is 759. The summed E-state index contributed by atoms with van der Waals surface area (Å²) in [6.07, 6.45) is 3.58. The van der Waals surface area contributed by atoms with Crippen molar-refractivity contribution in [1.29, 1.82) is 0 Å². The van der Waals surface area contributed by atoms with Crippen molar-refractivity contribution in [1.82, 2.24) is 20.2 Å². The minimum Gasteiger partial charge on any atom is -0.489 e. The first-order valence-electron chi connectivity index (χ1n) is 9.95. The maximum Gasteiger partial charge on any atom is 0.225 e. The van der Waals surface area contributed by atoms with E-state index in [0.717, 1.165) is 55.9 Å². The molecule has 1 fully saturated rings. The van der Waals surface area contributed by atoms with Gasteiger partial charge in [0.25, 0.3) is 0 Å². The van der Waals surface area contributed by atoms with Crippen molar-refractivity contribution < 1.29 is 4.74 Å². The minimum absolute atomic E-state index is 0.00811. The fourth-order valence-corrected chi connectivity index (χ4v) is 3.16. The number of hydrogen-bond donors (Lipinski definition) is 1. The summed E-state index contributed by atoms with van der Waals surface area (Å²) in [6.45, 7) is 11.2. The van der Waals surface area contributed by atoms with Crippen LogP contribution < -0.4 is 15.0 Å². The van der Waals surface area contributed by atoms with Crippen LogP contribution in [0.2, 0.25) is 0 Å². The van der Waals surface area contributed by atoms with Gasteiger partial charge in [-0.15, -0.1) is 0 Å². The molecule has 1 aromatic heterocycles. The van der Waals surface area contributed by atoms with Crippen molar-refractivity contribution in [2.75, 3.05) is 44.2 Å². The third-order valence-corrected chi connectivity index (χ3v) is 4.67. The number of hydrogen-bond acceptors (Lipinski definition) is 5. The van der Waals surface area contributed by atoms with Crippen LogP contribution in [0, 0.1) is 6.92 Å². The SMILES string of the molecule is CCNC(=NCC(C)Oc1ccccc1C)N1CCN(c2ncccn2)CC1. The zero-order chi connectivity index (χ0) is 19.8. The van der Waals surface area contributed by atoms with E-state index in [1.165, 1.54) is 0 Å². The number of piperazine rings is 1. The number of ether oxygens (including phenoxy) is 1. The fourth-order valence-electron chi connectivity index (χ4n) is 3.16. The van der Waals surface area contributed by atoms with E-state index in [4.69, 9.17) is 9.73 Å². The molecule has 1 aromatic carbocycles. The lowest BCUT2D eigenvalue weighted by Gasteiger charge is -2.36. The van der Waals surface area contributed by atoms with Crippen LogP contribution in [-0.4, -0.2) is 66.2 Å². The van der Waals surface area contributed by atoms with Crippen molar-refractivity contribution in [2.45, 2.75) is 26.9 Å². The van der Waals surface area contributed by atoms with Gasteiger partial charge in [-0.25, -0.2) is 15.0 Å². The number of anilines is 1. The van der Waals surface area contributed by atoms with E-state index < -0.39 is 0 Å². The summed E-state index contributed by atoms with van der Waals surface area (Å²) >= 11 is 0. The molecule has 1 saturated heterocycles. The molecule has 1 N–H and O–H groups in total. The van der Waals surface area contributed by atoms with Gasteiger partial charge < -0.3 is 19.9 Å². The number of aliphatic imine (C=N–C) groups is 1. The number of guanidine groups is 1. The number of benzene rings is 1. The number of nitrogens with one attached hydrogen (secondary N) is 1. The molecule has 0 amide bonds. The summed E-state index contributed by atoms with van der Waals surface area (Å²) in [7, 11) is 0. The minimum atomic E-state index is 0.00811. The van der Waals surface area contributed by atoms with Crippen LogP contribution in [0.1, 0.15) is 19.4 Å². The highest BCUT2D eigenvalue weighted by atomic mass is 16.5. The van der Waals surface area contributed by atoms with Crippen LogP contribution in [0.3, 0.4) is 0 Å². The molecule has 2 heterocycles. The molecule has 0 spiro atoms. The molecule has 0 radical (unpaired) electrons. The summed E-state index contributed by atoms with van der Waals surface area (Å²) in [5.41, 5.74) is 1.14. The average Bonchev–Trinajstić information content (AvgIpc) is 2.73. The molecule has 3 rings (SSSR count). The molecule has 7 nitrogen and oxygen atoms in total. The highest BCUT2D eigenvalue weighted by molar-refractivity contribution is 5.80. The van der Waals surface area contributed by atoms with E-state index in [1.807, 2.05) is 24.3 Å². The Morgan fingerprint density at radius 1 is 1.14 bits per heavy atom. The van der Waals surface area contributed by atoms with Crippen LogP contribution in [-0.2, 0) is 0 Å². The van der Waals surface area contributed by atoms with E-state index in [-0.39, 0.29) is 6.10 Å². The van der Waals surface area contributed by atoms with E-state index in [2.05, 4.69) is 51.9 Å². The Hall–Kier alpha value is -2.83. The van der Waals surface area contributed by atoms with Crippen molar-refractivity contribution in [2.24, 2.45) is 4.99 Å². The van der Waals surface area contributed by atoms with E-state index in [1.54, 1.807) is 12.4 Å². The van der Waals surface area contributed by atoms with Crippen LogP contribution in [0.15, 0.2) is 47.7 Å². The topological polar surface area (TPSA) is 65.9 Å². The molecule has 28 heavy (non-hydrogen) atoms. The summed E-state index contributed by atoms with van der Waals surface area (Å²) < 4.78 is 6.06. The first kappa shape index (κ1) is 19.9. The molecule has 150 valence electrons. The maximum absolute atomic E-state index is 6.06. The molecule has 0 saturated carbocycles. The van der Waals surface area contributed by atoms with Crippen molar-refractivity contribution in [3.63, 3.8) is 0 Å². The molecule has 1 atom stereocenters. The van der Waals surface area contributed by atoms with Crippen molar-refractivity contribution in [3.8, 4) is 5.75 Å². The second-order valence-corrected chi connectivity index (χ2v) is 6.91. The molecular formula is C21H30N6O. The van der Waals surface area contributed by atoms with Gasteiger partial charge in [-0.1, -0.05) is 18.2 Å². The van der Waals surface area contributed by atoms with E-state index in [9.17, 15) is 0 Å². The van der Waals surface area contributed by atoms with Crippen molar-refractivity contribution >= 4 is 11.9 Å². The number of aryl methyl sites for hydroxylation is 1. The van der Waals surface area contributed by atoms with Gasteiger partial charge in [0.05, 0.1) is 6.54 Å². The monoisotopic (exact) mass is 382 g/mol. The van der Waals surface area contributed by atoms with Gasteiger partial charge in [0, 0.05) is 45.1 Å². The second kappa shape index (κ2) is 9.92. The predicted octanol–water partition coefficient (Wildman–Crippen LogP) is 2.34. The summed E-state index contributed by atoms with van der Waals surface area (Å²) in [6, 6.07) is 9.93. The average molecular weight is 383 g/mol. The molecule has 7 heteroatoms. The van der Waals surface area contributed by atoms with Gasteiger partial charge in [0.15, 0.2) is 5.96 Å². The number of aromatic nitrogens is 2. The first-order valence-corrected chi connectivity index (χ1v) is 9.95. The molecule has 1 aliphatic heterocycles. The number of rotatable bonds is 6. The Balaban J connectivity index is 1.56. The predicted molar refractivity (Wildman–Crippen MR) is 113 cm³/mol. The van der Waals surface area contributed by atoms with Gasteiger partial charge in [0.2, 0.25) is 5.95 Å². The molecule has 0 aliphatic carbocycles. The van der Waals surface area contributed by atoms with Gasteiger partial charge in [-0.3, -0.25) is 0 Å². The van der Waals surface area contributed by atoms with Gasteiger partial charge in [-0.2, -0.15) is 0 Å². The molecule has 2 aromatic rings.